The molecule has 0 saturated carbocycles. The molecule has 0 heterocycles. The minimum Gasteiger partial charge on any atom is -0.456 e. The molecule has 19 heavy (non-hydrogen) atoms. The SMILES string of the molecule is CCC(=O)OCC(=O)Nc1cc([N+](=O)[O-])ccc1F. The molecule has 1 N–H and O–H groups in total. The fourth-order valence-corrected chi connectivity index (χ4v) is 1.16. The van der Waals surface area contributed by atoms with Crippen molar-refractivity contribution in [3.63, 3.8) is 0 Å². The zero-order valence-corrected chi connectivity index (χ0v) is 10.0. The number of nitro benzene ring substituents is 1. The molecule has 0 atom stereocenters. The van der Waals surface area contributed by atoms with Crippen LogP contribution in [0.25, 0.3) is 0 Å². The molecule has 1 aromatic carbocycles. The first-order valence-electron chi connectivity index (χ1n) is 5.33. The van der Waals surface area contributed by atoms with E-state index in [4.69, 9.17) is 0 Å². The predicted molar refractivity (Wildman–Crippen MR) is 62.9 cm³/mol. The van der Waals surface area contributed by atoms with Crippen molar-refractivity contribution in [2.45, 2.75) is 13.3 Å². The zero-order chi connectivity index (χ0) is 14.4. The molecule has 8 heteroatoms. The van der Waals surface area contributed by atoms with Gasteiger partial charge in [-0.1, -0.05) is 6.92 Å². The smallest absolute Gasteiger partial charge is 0.306 e. The lowest BCUT2D eigenvalue weighted by Crippen LogP contribution is -2.21. The number of carbonyl (C=O) groups excluding carboxylic acids is 2. The predicted octanol–water partition coefficient (Wildman–Crippen LogP) is 1.63. The highest BCUT2D eigenvalue weighted by molar-refractivity contribution is 5.93. The maximum absolute atomic E-state index is 13.3. The fraction of sp³-hybridized carbons (Fsp3) is 0.273. The van der Waals surface area contributed by atoms with Crippen LogP contribution in [0.5, 0.6) is 0 Å². The van der Waals surface area contributed by atoms with Crippen LogP contribution in [0, 0.1) is 15.9 Å². The van der Waals surface area contributed by atoms with Gasteiger partial charge in [-0.3, -0.25) is 19.7 Å². The summed E-state index contributed by atoms with van der Waals surface area (Å²) in [6.45, 7) is 0.981. The van der Waals surface area contributed by atoms with Crippen LogP contribution < -0.4 is 5.32 Å². The summed E-state index contributed by atoms with van der Waals surface area (Å²) in [4.78, 5) is 31.9. The first kappa shape index (κ1) is 14.6. The Hall–Kier alpha value is -2.51. The Morgan fingerprint density at radius 3 is 2.74 bits per heavy atom. The van der Waals surface area contributed by atoms with Gasteiger partial charge in [0.05, 0.1) is 10.6 Å². The summed E-state index contributed by atoms with van der Waals surface area (Å²) in [5.41, 5.74) is -0.700. The van der Waals surface area contributed by atoms with Crippen molar-refractivity contribution in [3.05, 3.63) is 34.1 Å². The van der Waals surface area contributed by atoms with E-state index in [0.29, 0.717) is 0 Å². The Morgan fingerprint density at radius 2 is 2.16 bits per heavy atom. The van der Waals surface area contributed by atoms with Gasteiger partial charge in [-0.05, 0) is 6.07 Å². The number of carbonyl (C=O) groups is 2. The van der Waals surface area contributed by atoms with Crippen LogP contribution in [0.3, 0.4) is 0 Å². The molecule has 1 amide bonds. The Labute approximate surface area is 107 Å². The molecular formula is C11H11FN2O5. The number of non-ortho nitro benzene ring substituents is 1. The zero-order valence-electron chi connectivity index (χ0n) is 10.0. The molecule has 0 aliphatic carbocycles. The lowest BCUT2D eigenvalue weighted by atomic mass is 10.2. The van der Waals surface area contributed by atoms with Gasteiger partial charge in [-0.2, -0.15) is 0 Å². The maximum Gasteiger partial charge on any atom is 0.306 e. The van der Waals surface area contributed by atoms with Gasteiger partial charge in [-0.15, -0.1) is 0 Å². The standard InChI is InChI=1S/C11H11FN2O5/c1-2-11(16)19-6-10(15)13-9-5-7(14(17)18)3-4-8(9)12/h3-5H,2,6H2,1H3,(H,13,15). The lowest BCUT2D eigenvalue weighted by molar-refractivity contribution is -0.384. The Kier molecular flexibility index (Phi) is 4.92. The third kappa shape index (κ3) is 4.34. The summed E-state index contributed by atoms with van der Waals surface area (Å²) in [6, 6.07) is 2.72. The van der Waals surface area contributed by atoms with Gasteiger partial charge in [0, 0.05) is 18.6 Å². The van der Waals surface area contributed by atoms with Crippen molar-refractivity contribution in [1.29, 1.82) is 0 Å². The van der Waals surface area contributed by atoms with E-state index in [2.05, 4.69) is 10.1 Å². The van der Waals surface area contributed by atoms with E-state index in [0.717, 1.165) is 18.2 Å². The minimum absolute atomic E-state index is 0.110. The molecule has 0 bridgehead atoms. The Morgan fingerprint density at radius 1 is 1.47 bits per heavy atom. The number of nitrogens with one attached hydrogen (secondary N) is 1. The summed E-state index contributed by atoms with van der Waals surface area (Å²) in [5, 5.41) is 12.6. The van der Waals surface area contributed by atoms with Crippen molar-refractivity contribution in [1.82, 2.24) is 0 Å². The summed E-state index contributed by atoms with van der Waals surface area (Å²) in [6.07, 6.45) is 0.110. The molecule has 0 saturated heterocycles. The van der Waals surface area contributed by atoms with Crippen molar-refractivity contribution < 1.29 is 23.6 Å². The second-order valence-electron chi connectivity index (χ2n) is 3.48. The number of amides is 1. The van der Waals surface area contributed by atoms with E-state index in [1.165, 1.54) is 0 Å². The van der Waals surface area contributed by atoms with Crippen LogP contribution in [0.15, 0.2) is 18.2 Å². The van der Waals surface area contributed by atoms with Crippen molar-refractivity contribution in [2.24, 2.45) is 0 Å². The molecule has 0 aromatic heterocycles. The van der Waals surface area contributed by atoms with Crippen molar-refractivity contribution >= 4 is 23.3 Å². The third-order valence-electron chi connectivity index (χ3n) is 2.09. The average Bonchev–Trinajstić information content (AvgIpc) is 2.38. The molecule has 0 fully saturated rings. The molecule has 0 spiro atoms. The molecule has 7 nitrogen and oxygen atoms in total. The quantitative estimate of drug-likeness (QED) is 0.498. The third-order valence-corrected chi connectivity index (χ3v) is 2.09. The number of ether oxygens (including phenoxy) is 1. The molecule has 0 radical (unpaired) electrons. The highest BCUT2D eigenvalue weighted by atomic mass is 19.1. The number of esters is 1. The fourth-order valence-electron chi connectivity index (χ4n) is 1.16. The van der Waals surface area contributed by atoms with E-state index >= 15 is 0 Å². The van der Waals surface area contributed by atoms with Crippen molar-refractivity contribution in [3.8, 4) is 0 Å². The lowest BCUT2D eigenvalue weighted by Gasteiger charge is -2.06. The van der Waals surface area contributed by atoms with Crippen LogP contribution in [0.1, 0.15) is 13.3 Å². The van der Waals surface area contributed by atoms with Gasteiger partial charge in [0.15, 0.2) is 6.61 Å². The number of halogens is 1. The molecular weight excluding hydrogens is 259 g/mol. The van der Waals surface area contributed by atoms with Gasteiger partial charge >= 0.3 is 5.97 Å². The van der Waals surface area contributed by atoms with Crippen LogP contribution in [-0.4, -0.2) is 23.4 Å². The second-order valence-corrected chi connectivity index (χ2v) is 3.48. The van der Waals surface area contributed by atoms with Gasteiger partial charge in [0.25, 0.3) is 11.6 Å². The minimum atomic E-state index is -0.819. The monoisotopic (exact) mass is 270 g/mol. The van der Waals surface area contributed by atoms with Gasteiger partial charge in [0.1, 0.15) is 5.82 Å². The maximum atomic E-state index is 13.3. The first-order valence-corrected chi connectivity index (χ1v) is 5.33. The molecule has 0 aliphatic rings. The van der Waals surface area contributed by atoms with E-state index in [9.17, 15) is 24.1 Å². The number of rotatable bonds is 5. The Bertz CT molecular complexity index is 518. The summed E-state index contributed by atoms with van der Waals surface area (Å²) in [7, 11) is 0. The molecule has 0 unspecified atom stereocenters. The largest absolute Gasteiger partial charge is 0.456 e. The van der Waals surface area contributed by atoms with E-state index in [1.54, 1.807) is 6.92 Å². The number of benzene rings is 1. The van der Waals surface area contributed by atoms with Crippen LogP contribution in [-0.2, 0) is 14.3 Å². The number of nitro groups is 1. The van der Waals surface area contributed by atoms with E-state index < -0.39 is 29.2 Å². The van der Waals surface area contributed by atoms with E-state index in [-0.39, 0.29) is 17.8 Å². The summed E-state index contributed by atoms with van der Waals surface area (Å²) < 4.78 is 17.8. The Balaban J connectivity index is 2.70. The highest BCUT2D eigenvalue weighted by Gasteiger charge is 2.13. The number of anilines is 1. The average molecular weight is 270 g/mol. The molecule has 0 aliphatic heterocycles. The first-order chi connectivity index (χ1) is 8.93. The number of nitrogens with zero attached hydrogens (tertiary/aromatic N) is 1. The van der Waals surface area contributed by atoms with Crippen LogP contribution >= 0.6 is 0 Å². The molecule has 102 valence electrons. The summed E-state index contributed by atoms with van der Waals surface area (Å²) >= 11 is 0. The second kappa shape index (κ2) is 6.43. The summed E-state index contributed by atoms with van der Waals surface area (Å²) in [5.74, 6) is -2.17. The van der Waals surface area contributed by atoms with Crippen LogP contribution in [0.4, 0.5) is 15.8 Å². The van der Waals surface area contributed by atoms with Crippen LogP contribution in [0.2, 0.25) is 0 Å². The van der Waals surface area contributed by atoms with E-state index in [1.807, 2.05) is 0 Å². The number of hydrogen-bond donors (Lipinski definition) is 1. The van der Waals surface area contributed by atoms with Crippen molar-refractivity contribution in [2.75, 3.05) is 11.9 Å². The van der Waals surface area contributed by atoms with Gasteiger partial charge in [0.2, 0.25) is 0 Å². The van der Waals surface area contributed by atoms with Gasteiger partial charge < -0.3 is 10.1 Å². The molecule has 1 rings (SSSR count). The van der Waals surface area contributed by atoms with Gasteiger partial charge in [-0.25, -0.2) is 4.39 Å². The molecule has 1 aromatic rings. The topological polar surface area (TPSA) is 98.5 Å². The normalized spacial score (nSPS) is 9.79. The number of hydrogen-bond acceptors (Lipinski definition) is 5. The highest BCUT2D eigenvalue weighted by Crippen LogP contribution is 2.21.